The molecule has 2 unspecified atom stereocenters. The number of rotatable bonds is 5. The Morgan fingerprint density at radius 2 is 2.33 bits per heavy atom. The molecule has 0 amide bonds. The van der Waals surface area contributed by atoms with Gasteiger partial charge in [0, 0.05) is 0 Å². The van der Waals surface area contributed by atoms with Gasteiger partial charge in [0.1, 0.15) is 6.10 Å². The molecule has 12 heavy (non-hydrogen) atoms. The molecule has 0 radical (unpaired) electrons. The Kier molecular flexibility index (Phi) is 3.26. The first kappa shape index (κ1) is 10.2. The van der Waals surface area contributed by atoms with Crippen molar-refractivity contribution < 1.29 is 23.8 Å². The van der Waals surface area contributed by atoms with E-state index in [1.54, 1.807) is 6.92 Å². The predicted molar refractivity (Wildman–Crippen MR) is 41.8 cm³/mol. The normalized spacial score (nSPS) is 25.4. The fourth-order valence-electron chi connectivity index (χ4n) is 0.835. The molecule has 2 atom stereocenters. The molecule has 0 aromatic carbocycles. The van der Waals surface area contributed by atoms with Crippen LogP contribution in [0.3, 0.4) is 0 Å². The Bertz CT molecular complexity index is 184. The predicted octanol–water partition coefficient (Wildman–Crippen LogP) is 0.316. The summed E-state index contributed by atoms with van der Waals surface area (Å²) in [6, 6.07) is 0. The van der Waals surface area contributed by atoms with Gasteiger partial charge in [-0.05, 0) is 6.42 Å². The van der Waals surface area contributed by atoms with Crippen LogP contribution in [-0.4, -0.2) is 34.9 Å². The van der Waals surface area contributed by atoms with Crippen molar-refractivity contribution in [1.82, 2.24) is 0 Å². The Hall–Kier alpha value is 0.0700. The Morgan fingerprint density at radius 1 is 1.75 bits per heavy atom. The first-order valence-electron chi connectivity index (χ1n) is 3.82. The van der Waals surface area contributed by atoms with Gasteiger partial charge in [0.05, 0.1) is 13.2 Å². The van der Waals surface area contributed by atoms with Gasteiger partial charge in [-0.25, -0.2) is 0 Å². The molecular formula is C6H13O5P. The van der Waals surface area contributed by atoms with E-state index in [4.69, 9.17) is 19.3 Å². The molecule has 1 heterocycles. The van der Waals surface area contributed by atoms with Crippen LogP contribution in [0.25, 0.3) is 0 Å². The maximum absolute atomic E-state index is 10.7. The van der Waals surface area contributed by atoms with Gasteiger partial charge in [-0.1, -0.05) is 6.92 Å². The van der Waals surface area contributed by atoms with Gasteiger partial charge in [0.2, 0.25) is 0 Å². The quantitative estimate of drug-likeness (QED) is 0.488. The number of ether oxygens (including phenoxy) is 2. The fraction of sp³-hybridized carbons (Fsp3) is 1.00. The van der Waals surface area contributed by atoms with E-state index in [0.717, 1.165) is 0 Å². The van der Waals surface area contributed by atoms with Crippen LogP contribution in [0.5, 0.6) is 0 Å². The molecular weight excluding hydrogens is 183 g/mol. The average molecular weight is 196 g/mol. The number of epoxide rings is 1. The molecule has 1 aliphatic rings. The molecule has 1 rings (SSSR count). The van der Waals surface area contributed by atoms with Gasteiger partial charge >= 0.3 is 7.60 Å². The lowest BCUT2D eigenvalue weighted by Crippen LogP contribution is -2.15. The van der Waals surface area contributed by atoms with Crippen molar-refractivity contribution >= 4 is 7.60 Å². The van der Waals surface area contributed by atoms with Gasteiger partial charge in [-0.2, -0.15) is 0 Å². The Labute approximate surface area is 70.8 Å². The minimum atomic E-state index is -4.08. The molecule has 2 N–H and O–H groups in total. The van der Waals surface area contributed by atoms with Gasteiger partial charge < -0.3 is 19.3 Å². The third-order valence-corrected chi connectivity index (χ3v) is 2.87. The average Bonchev–Trinajstić information content (AvgIpc) is 2.69. The monoisotopic (exact) mass is 196 g/mol. The molecule has 1 fully saturated rings. The molecule has 1 saturated heterocycles. The third-order valence-electron chi connectivity index (χ3n) is 1.60. The molecule has 0 aromatic rings. The van der Waals surface area contributed by atoms with Crippen LogP contribution in [0.15, 0.2) is 0 Å². The molecule has 0 aliphatic carbocycles. The summed E-state index contributed by atoms with van der Waals surface area (Å²) < 4.78 is 20.6. The van der Waals surface area contributed by atoms with Gasteiger partial charge in [0.25, 0.3) is 0 Å². The Morgan fingerprint density at radius 3 is 2.67 bits per heavy atom. The summed E-state index contributed by atoms with van der Waals surface area (Å²) in [7, 11) is -4.08. The summed E-state index contributed by atoms with van der Waals surface area (Å²) in [6.07, 6.45) is 0.363. The van der Waals surface area contributed by atoms with Crippen molar-refractivity contribution in [3.8, 4) is 0 Å². The van der Waals surface area contributed by atoms with Crippen LogP contribution in [-0.2, 0) is 14.0 Å². The second-order valence-corrected chi connectivity index (χ2v) is 4.49. The highest BCUT2D eigenvalue weighted by molar-refractivity contribution is 7.52. The lowest BCUT2D eigenvalue weighted by Gasteiger charge is -2.16. The molecule has 0 saturated carbocycles. The highest BCUT2D eigenvalue weighted by Crippen LogP contribution is 2.43. The summed E-state index contributed by atoms with van der Waals surface area (Å²) in [5.74, 6) is -0.971. The number of hydrogen-bond acceptors (Lipinski definition) is 3. The highest BCUT2D eigenvalue weighted by atomic mass is 31.2. The van der Waals surface area contributed by atoms with E-state index < -0.39 is 13.4 Å². The van der Waals surface area contributed by atoms with Crippen LogP contribution in [0.4, 0.5) is 0 Å². The fourth-order valence-corrected chi connectivity index (χ4v) is 1.59. The van der Waals surface area contributed by atoms with Crippen molar-refractivity contribution in [1.29, 1.82) is 0 Å². The van der Waals surface area contributed by atoms with E-state index in [0.29, 0.717) is 13.0 Å². The first-order chi connectivity index (χ1) is 5.54. The van der Waals surface area contributed by atoms with Crippen LogP contribution < -0.4 is 0 Å². The zero-order valence-corrected chi connectivity index (χ0v) is 7.74. The van der Waals surface area contributed by atoms with Gasteiger partial charge in [-0.15, -0.1) is 0 Å². The number of hydrogen-bond donors (Lipinski definition) is 2. The maximum atomic E-state index is 10.7. The largest absolute Gasteiger partial charge is 0.371 e. The standard InChI is InChI=1S/C6H13O5P/c1-2-6(12(7,8)9)11-4-5-3-10-5/h5-6H,2-4H2,1H3,(H2,7,8,9). The van der Waals surface area contributed by atoms with E-state index in [1.807, 2.05) is 0 Å². The van der Waals surface area contributed by atoms with E-state index in [2.05, 4.69) is 0 Å². The van der Waals surface area contributed by atoms with Gasteiger partial charge in [0.15, 0.2) is 5.85 Å². The van der Waals surface area contributed by atoms with E-state index >= 15 is 0 Å². The molecule has 1 aliphatic heterocycles. The van der Waals surface area contributed by atoms with E-state index in [-0.39, 0.29) is 12.7 Å². The van der Waals surface area contributed by atoms with Crippen LogP contribution in [0.1, 0.15) is 13.3 Å². The van der Waals surface area contributed by atoms with Crippen molar-refractivity contribution in [2.45, 2.75) is 25.3 Å². The topological polar surface area (TPSA) is 79.3 Å². The van der Waals surface area contributed by atoms with Crippen molar-refractivity contribution in [3.05, 3.63) is 0 Å². The lowest BCUT2D eigenvalue weighted by molar-refractivity contribution is 0.0713. The van der Waals surface area contributed by atoms with Crippen LogP contribution >= 0.6 is 7.60 Å². The highest BCUT2D eigenvalue weighted by Gasteiger charge is 2.31. The molecule has 6 heteroatoms. The van der Waals surface area contributed by atoms with Gasteiger partial charge in [-0.3, -0.25) is 4.57 Å². The minimum Gasteiger partial charge on any atom is -0.371 e. The summed E-state index contributed by atoms with van der Waals surface area (Å²) in [6.45, 7) is 2.60. The van der Waals surface area contributed by atoms with Crippen molar-refractivity contribution in [2.24, 2.45) is 0 Å². The molecule has 5 nitrogen and oxygen atoms in total. The smallest absolute Gasteiger partial charge is 0.354 e. The SMILES string of the molecule is CCC(OCC1CO1)P(=O)(O)O. The summed E-state index contributed by atoms with van der Waals surface area (Å²) in [5, 5.41) is 0. The summed E-state index contributed by atoms with van der Waals surface area (Å²) in [5.41, 5.74) is 0. The van der Waals surface area contributed by atoms with Crippen molar-refractivity contribution in [2.75, 3.05) is 13.2 Å². The Balaban J connectivity index is 2.28. The summed E-state index contributed by atoms with van der Waals surface area (Å²) >= 11 is 0. The second-order valence-electron chi connectivity index (χ2n) is 2.74. The molecule has 0 aromatic heterocycles. The van der Waals surface area contributed by atoms with Crippen LogP contribution in [0.2, 0.25) is 0 Å². The molecule has 0 bridgehead atoms. The maximum Gasteiger partial charge on any atom is 0.354 e. The van der Waals surface area contributed by atoms with E-state index in [1.165, 1.54) is 0 Å². The lowest BCUT2D eigenvalue weighted by atomic mass is 10.5. The van der Waals surface area contributed by atoms with Crippen LogP contribution in [0, 0.1) is 0 Å². The molecule has 0 spiro atoms. The minimum absolute atomic E-state index is 0.0469. The second kappa shape index (κ2) is 3.85. The molecule has 72 valence electrons. The summed E-state index contributed by atoms with van der Waals surface area (Å²) in [4.78, 5) is 17.5. The van der Waals surface area contributed by atoms with E-state index in [9.17, 15) is 4.57 Å². The zero-order valence-electron chi connectivity index (χ0n) is 6.84. The van der Waals surface area contributed by atoms with Crippen molar-refractivity contribution in [3.63, 3.8) is 0 Å². The zero-order chi connectivity index (χ0) is 9.19. The first-order valence-corrected chi connectivity index (χ1v) is 5.50. The third kappa shape index (κ3) is 3.21.